The second-order valence-electron chi connectivity index (χ2n) is 6.67. The number of nitrogens with one attached hydrogen (secondary N) is 3. The smallest absolute Gasteiger partial charge is 0.337 e. The van der Waals surface area contributed by atoms with Gasteiger partial charge >= 0.3 is 12.0 Å². The summed E-state index contributed by atoms with van der Waals surface area (Å²) in [5.41, 5.74) is -1.53. The van der Waals surface area contributed by atoms with Gasteiger partial charge in [0, 0.05) is 16.8 Å². The van der Waals surface area contributed by atoms with Crippen LogP contribution >= 0.6 is 0 Å². The molecule has 3 amide bonds. The molecule has 1 unspecified atom stereocenters. The molecule has 0 spiro atoms. The average Bonchev–Trinajstić information content (AvgIpc) is 2.44. The zero-order valence-electron chi connectivity index (χ0n) is 14.1. The molecule has 1 aromatic carbocycles. The van der Waals surface area contributed by atoms with Crippen molar-refractivity contribution < 1.29 is 24.6 Å². The largest absolute Gasteiger partial charge is 0.479 e. The van der Waals surface area contributed by atoms with Gasteiger partial charge in [-0.1, -0.05) is 0 Å². The summed E-state index contributed by atoms with van der Waals surface area (Å²) in [4.78, 5) is 34.4. The summed E-state index contributed by atoms with van der Waals surface area (Å²) >= 11 is 0. The van der Waals surface area contributed by atoms with Crippen molar-refractivity contribution in [2.45, 2.75) is 38.8 Å². The van der Waals surface area contributed by atoms with Crippen molar-refractivity contribution in [3.63, 3.8) is 0 Å². The molecular formula is C16H23N3O5. The van der Waals surface area contributed by atoms with E-state index in [1.807, 2.05) is 20.8 Å². The molecule has 132 valence electrons. The van der Waals surface area contributed by atoms with E-state index >= 15 is 0 Å². The number of carbonyl (C=O) groups is 3. The quantitative estimate of drug-likeness (QED) is 0.551. The minimum absolute atomic E-state index is 0.226. The Morgan fingerprint density at radius 3 is 2.04 bits per heavy atom. The summed E-state index contributed by atoms with van der Waals surface area (Å²) in [6.45, 7) is 6.25. The minimum atomic E-state index is -2.05. The number of amides is 3. The van der Waals surface area contributed by atoms with E-state index < -0.39 is 24.1 Å². The van der Waals surface area contributed by atoms with Gasteiger partial charge in [-0.3, -0.25) is 4.79 Å². The molecule has 0 aromatic heterocycles. The van der Waals surface area contributed by atoms with Gasteiger partial charge in [0.05, 0.1) is 6.54 Å². The standard InChI is InChI=1S/C16H23N3O5/c1-15(2,3)19-12(20)10-5-7-11(8-6-10)18-14(23)17-9-16(4,24)13(21)22/h5-8,24H,9H2,1-4H3,(H,19,20)(H,21,22)(H2,17,18,23). The molecular weight excluding hydrogens is 314 g/mol. The Kier molecular flexibility index (Phi) is 5.92. The Balaban J connectivity index is 2.60. The fourth-order valence-corrected chi connectivity index (χ4v) is 1.62. The van der Waals surface area contributed by atoms with Crippen LogP contribution in [0.15, 0.2) is 24.3 Å². The van der Waals surface area contributed by atoms with Gasteiger partial charge in [-0.15, -0.1) is 0 Å². The molecule has 0 fully saturated rings. The van der Waals surface area contributed by atoms with Gasteiger partial charge in [0.1, 0.15) is 0 Å². The van der Waals surface area contributed by atoms with Crippen LogP contribution in [0.2, 0.25) is 0 Å². The maximum absolute atomic E-state index is 12.0. The van der Waals surface area contributed by atoms with Crippen molar-refractivity contribution in [2.75, 3.05) is 11.9 Å². The Morgan fingerprint density at radius 2 is 1.58 bits per heavy atom. The third-order valence-corrected chi connectivity index (χ3v) is 2.95. The molecule has 5 N–H and O–H groups in total. The molecule has 8 nitrogen and oxygen atoms in total. The highest BCUT2D eigenvalue weighted by atomic mass is 16.4. The molecule has 0 bridgehead atoms. The van der Waals surface area contributed by atoms with Gasteiger partial charge < -0.3 is 26.2 Å². The fourth-order valence-electron chi connectivity index (χ4n) is 1.62. The molecule has 0 aliphatic carbocycles. The number of carbonyl (C=O) groups excluding carboxylic acids is 2. The van der Waals surface area contributed by atoms with Crippen LogP contribution in [0.1, 0.15) is 38.1 Å². The van der Waals surface area contributed by atoms with Crippen LogP contribution in [-0.4, -0.2) is 45.8 Å². The number of rotatable bonds is 5. The summed E-state index contributed by atoms with van der Waals surface area (Å²) in [5, 5.41) is 25.8. The maximum atomic E-state index is 12.0. The van der Waals surface area contributed by atoms with Gasteiger partial charge in [0.15, 0.2) is 5.60 Å². The van der Waals surface area contributed by atoms with Crippen LogP contribution in [0.3, 0.4) is 0 Å². The van der Waals surface area contributed by atoms with E-state index in [0.29, 0.717) is 11.3 Å². The predicted molar refractivity (Wildman–Crippen MR) is 88.9 cm³/mol. The molecule has 0 saturated heterocycles. The minimum Gasteiger partial charge on any atom is -0.479 e. The monoisotopic (exact) mass is 337 g/mol. The van der Waals surface area contributed by atoms with Crippen molar-refractivity contribution in [1.82, 2.24) is 10.6 Å². The number of benzene rings is 1. The van der Waals surface area contributed by atoms with Crippen molar-refractivity contribution in [3.05, 3.63) is 29.8 Å². The van der Waals surface area contributed by atoms with Crippen molar-refractivity contribution >= 4 is 23.6 Å². The first-order valence-corrected chi connectivity index (χ1v) is 7.34. The van der Waals surface area contributed by atoms with E-state index in [0.717, 1.165) is 6.92 Å². The van der Waals surface area contributed by atoms with E-state index in [4.69, 9.17) is 5.11 Å². The number of aliphatic hydroxyl groups is 1. The highest BCUT2D eigenvalue weighted by Crippen LogP contribution is 2.11. The summed E-state index contributed by atoms with van der Waals surface area (Å²) in [6, 6.07) is 5.55. The fraction of sp³-hybridized carbons (Fsp3) is 0.438. The highest BCUT2D eigenvalue weighted by molar-refractivity contribution is 5.96. The molecule has 0 saturated carbocycles. The molecule has 0 aliphatic rings. The number of urea groups is 1. The van der Waals surface area contributed by atoms with Gasteiger partial charge in [-0.2, -0.15) is 0 Å². The van der Waals surface area contributed by atoms with Crippen LogP contribution in [0.4, 0.5) is 10.5 Å². The van der Waals surface area contributed by atoms with Gasteiger partial charge in [0.25, 0.3) is 5.91 Å². The number of carboxylic acids is 1. The second-order valence-corrected chi connectivity index (χ2v) is 6.67. The van der Waals surface area contributed by atoms with Crippen molar-refractivity contribution in [3.8, 4) is 0 Å². The lowest BCUT2D eigenvalue weighted by atomic mass is 10.1. The molecule has 1 atom stereocenters. The van der Waals surface area contributed by atoms with Gasteiger partial charge in [0.2, 0.25) is 0 Å². The lowest BCUT2D eigenvalue weighted by Crippen LogP contribution is -2.47. The normalized spacial score (nSPS) is 13.5. The molecule has 0 aliphatic heterocycles. The van der Waals surface area contributed by atoms with Crippen molar-refractivity contribution in [1.29, 1.82) is 0 Å². The Bertz CT molecular complexity index is 618. The summed E-state index contributed by atoms with van der Waals surface area (Å²) in [5.74, 6) is -1.66. The summed E-state index contributed by atoms with van der Waals surface area (Å²) in [7, 11) is 0. The van der Waals surface area contributed by atoms with Gasteiger partial charge in [-0.05, 0) is 52.0 Å². The Morgan fingerprint density at radius 1 is 1.04 bits per heavy atom. The summed E-state index contributed by atoms with van der Waals surface area (Å²) in [6.07, 6.45) is 0. The molecule has 0 heterocycles. The van der Waals surface area contributed by atoms with Crippen LogP contribution in [-0.2, 0) is 4.79 Å². The maximum Gasteiger partial charge on any atom is 0.337 e. The highest BCUT2D eigenvalue weighted by Gasteiger charge is 2.30. The van der Waals surface area contributed by atoms with E-state index in [9.17, 15) is 19.5 Å². The number of hydrogen-bond donors (Lipinski definition) is 5. The number of hydrogen-bond acceptors (Lipinski definition) is 4. The first-order chi connectivity index (χ1) is 10.9. The van der Waals surface area contributed by atoms with E-state index in [-0.39, 0.29) is 11.4 Å². The topological polar surface area (TPSA) is 128 Å². The van der Waals surface area contributed by atoms with Crippen LogP contribution < -0.4 is 16.0 Å². The molecule has 1 aromatic rings. The first kappa shape index (κ1) is 19.4. The Hall–Kier alpha value is -2.61. The van der Waals surface area contributed by atoms with Crippen LogP contribution in [0, 0.1) is 0 Å². The van der Waals surface area contributed by atoms with Crippen molar-refractivity contribution in [2.24, 2.45) is 0 Å². The number of aliphatic carboxylic acids is 1. The Labute approximate surface area is 140 Å². The zero-order valence-corrected chi connectivity index (χ0v) is 14.1. The second kappa shape index (κ2) is 7.31. The predicted octanol–water partition coefficient (Wildman–Crippen LogP) is 1.17. The average molecular weight is 337 g/mol. The first-order valence-electron chi connectivity index (χ1n) is 7.34. The third kappa shape index (κ3) is 6.25. The summed E-state index contributed by atoms with van der Waals surface area (Å²) < 4.78 is 0. The van der Waals surface area contributed by atoms with E-state index in [1.54, 1.807) is 24.3 Å². The molecule has 8 heteroatoms. The number of carboxylic acid groups (broad SMARTS) is 1. The number of anilines is 1. The van der Waals surface area contributed by atoms with Crippen LogP contribution in [0.25, 0.3) is 0 Å². The van der Waals surface area contributed by atoms with E-state index in [1.165, 1.54) is 0 Å². The SMILES string of the molecule is CC(C)(C)NC(=O)c1ccc(NC(=O)NCC(C)(O)C(=O)O)cc1. The van der Waals surface area contributed by atoms with Gasteiger partial charge in [-0.25, -0.2) is 9.59 Å². The molecule has 1 rings (SSSR count). The van der Waals surface area contributed by atoms with Crippen LogP contribution in [0.5, 0.6) is 0 Å². The lowest BCUT2D eigenvalue weighted by molar-refractivity contribution is -0.155. The third-order valence-electron chi connectivity index (χ3n) is 2.95. The molecule has 0 radical (unpaired) electrons. The zero-order chi connectivity index (χ0) is 18.5. The molecule has 24 heavy (non-hydrogen) atoms. The lowest BCUT2D eigenvalue weighted by Gasteiger charge is -2.20. The van der Waals surface area contributed by atoms with E-state index in [2.05, 4.69) is 16.0 Å².